The number of carbonyl (C=O) groups excluding carboxylic acids is 2. The minimum absolute atomic E-state index is 0.0294. The molecule has 0 N–H and O–H groups in total. The molecular weight excluding hydrogens is 549 g/mol. The van der Waals surface area contributed by atoms with Crippen LogP contribution in [0.5, 0.6) is 0 Å². The van der Waals surface area contributed by atoms with Crippen LogP contribution in [0.4, 0.5) is 18.0 Å². The highest BCUT2D eigenvalue weighted by Gasteiger charge is 2.51. The van der Waals surface area contributed by atoms with Gasteiger partial charge >= 0.3 is 18.2 Å². The molecule has 1 atom stereocenters. The number of likely N-dealkylation sites (N-methyl/N-ethyl adjacent to an activating group) is 1. The van der Waals surface area contributed by atoms with Crippen LogP contribution in [0.2, 0.25) is 5.04 Å². The molecule has 2 amide bonds. The number of nitrogens with zero attached hydrogens (tertiary/aromatic N) is 2. The Labute approximate surface area is 243 Å². The topological polar surface area (TPSA) is 59.1 Å². The zero-order chi connectivity index (χ0) is 31.2. The zero-order valence-corrected chi connectivity index (χ0v) is 26.7. The molecule has 228 valence electrons. The van der Waals surface area contributed by atoms with Crippen molar-refractivity contribution in [1.29, 1.82) is 0 Å². The van der Waals surface area contributed by atoms with E-state index in [1.54, 1.807) is 4.90 Å². The summed E-state index contributed by atoms with van der Waals surface area (Å²) in [5, 5.41) is 1.52. The van der Waals surface area contributed by atoms with E-state index in [0.29, 0.717) is 4.90 Å². The van der Waals surface area contributed by atoms with Crippen molar-refractivity contribution >= 4 is 30.7 Å². The highest BCUT2D eigenvalue weighted by molar-refractivity contribution is 6.99. The third kappa shape index (κ3) is 8.35. The number of carbonyl (C=O) groups is 2. The zero-order valence-electron chi connectivity index (χ0n) is 25.7. The van der Waals surface area contributed by atoms with Crippen molar-refractivity contribution < 1.29 is 31.9 Å². The van der Waals surface area contributed by atoms with Crippen molar-refractivity contribution in [1.82, 2.24) is 9.80 Å². The van der Waals surface area contributed by atoms with Crippen molar-refractivity contribution in [2.24, 2.45) is 0 Å². The van der Waals surface area contributed by atoms with E-state index in [1.165, 1.54) is 0 Å². The van der Waals surface area contributed by atoms with E-state index in [2.05, 4.69) is 20.8 Å². The minimum atomic E-state index is -5.05. The van der Waals surface area contributed by atoms with Gasteiger partial charge in [0, 0.05) is 25.0 Å². The van der Waals surface area contributed by atoms with E-state index >= 15 is 0 Å². The Hall–Kier alpha value is -2.85. The van der Waals surface area contributed by atoms with E-state index in [1.807, 2.05) is 95.3 Å². The molecule has 2 aromatic carbocycles. The number of ether oxygens (including phenoxy) is 1. The van der Waals surface area contributed by atoms with Crippen LogP contribution in [0.15, 0.2) is 60.7 Å². The Bertz CT molecular complexity index is 1090. The number of halogens is 3. The van der Waals surface area contributed by atoms with Crippen LogP contribution in [0.1, 0.15) is 61.8 Å². The molecule has 41 heavy (non-hydrogen) atoms. The lowest BCUT2D eigenvalue weighted by molar-refractivity contribution is -0.187. The second-order valence-corrected chi connectivity index (χ2v) is 16.9. The molecule has 0 saturated carbocycles. The summed E-state index contributed by atoms with van der Waals surface area (Å²) in [5.74, 6) is -1.97. The maximum absolute atomic E-state index is 13.5. The Morgan fingerprint density at radius 2 is 1.32 bits per heavy atom. The molecule has 0 radical (unpaired) electrons. The molecule has 2 rings (SSSR count). The van der Waals surface area contributed by atoms with Gasteiger partial charge in [-0.2, -0.15) is 13.2 Å². The van der Waals surface area contributed by atoms with Crippen LogP contribution in [-0.2, 0) is 14.0 Å². The lowest BCUT2D eigenvalue weighted by atomic mass is 10.0. The van der Waals surface area contributed by atoms with Gasteiger partial charge < -0.3 is 19.0 Å². The van der Waals surface area contributed by atoms with Crippen LogP contribution in [-0.4, -0.2) is 74.2 Å². The van der Waals surface area contributed by atoms with E-state index in [4.69, 9.17) is 9.16 Å². The summed E-state index contributed by atoms with van der Waals surface area (Å²) >= 11 is 0. The first-order valence-electron chi connectivity index (χ1n) is 13.9. The van der Waals surface area contributed by atoms with Crippen LogP contribution < -0.4 is 10.4 Å². The highest BCUT2D eigenvalue weighted by atomic mass is 28.4. The van der Waals surface area contributed by atoms with Gasteiger partial charge in [-0.05, 0) is 50.0 Å². The molecule has 0 bridgehead atoms. The molecule has 0 unspecified atom stereocenters. The fourth-order valence-electron chi connectivity index (χ4n) is 5.35. The van der Waals surface area contributed by atoms with Gasteiger partial charge in [0.1, 0.15) is 0 Å². The Morgan fingerprint density at radius 1 is 0.854 bits per heavy atom. The second kappa shape index (κ2) is 13.4. The Kier molecular flexibility index (Phi) is 11.2. The van der Waals surface area contributed by atoms with Crippen LogP contribution in [0.3, 0.4) is 0 Å². The quantitative estimate of drug-likeness (QED) is 0.317. The number of rotatable bonds is 10. The number of alkyl halides is 3. The van der Waals surface area contributed by atoms with Gasteiger partial charge in [-0.3, -0.25) is 4.79 Å². The molecule has 0 fully saturated rings. The van der Waals surface area contributed by atoms with Crippen molar-refractivity contribution in [3.05, 3.63) is 60.7 Å². The fourth-order valence-corrected chi connectivity index (χ4v) is 9.95. The van der Waals surface area contributed by atoms with E-state index in [9.17, 15) is 22.8 Å². The summed E-state index contributed by atoms with van der Waals surface area (Å²) in [4.78, 5) is 27.5. The number of benzene rings is 2. The maximum Gasteiger partial charge on any atom is 0.471 e. The van der Waals surface area contributed by atoms with Crippen LogP contribution in [0.25, 0.3) is 0 Å². The van der Waals surface area contributed by atoms with Gasteiger partial charge in [0.25, 0.3) is 8.32 Å². The normalized spacial score (nSPS) is 13.6. The van der Waals surface area contributed by atoms with Crippen molar-refractivity contribution in [3.8, 4) is 0 Å². The van der Waals surface area contributed by atoms with E-state index in [-0.39, 0.29) is 25.7 Å². The summed E-state index contributed by atoms with van der Waals surface area (Å²) in [6, 6.07) is 18.3. The lowest BCUT2D eigenvalue weighted by Crippen LogP contribution is -2.67. The monoisotopic (exact) mass is 594 g/mol. The number of amides is 2. The molecule has 0 heterocycles. The smallest absolute Gasteiger partial charge is 0.449 e. The maximum atomic E-state index is 13.5. The standard InChI is InChI=1S/C31H45F3N2O4Si/c1-23(2)36(29(3,4)5)28(38)39-21-20-24(35(9)27(37)31(32,33)34)22-40-41(30(6,7)8,25-16-12-10-13-17-25)26-18-14-11-15-19-26/h10-19,23-24H,20-22H2,1-9H3/t24-/m0/s1. The lowest BCUT2D eigenvalue weighted by Gasteiger charge is -2.44. The molecular formula is C31H45F3N2O4Si. The van der Waals surface area contributed by atoms with Crippen LogP contribution in [0, 0.1) is 0 Å². The molecule has 0 aliphatic heterocycles. The first-order chi connectivity index (χ1) is 18.8. The highest BCUT2D eigenvalue weighted by Crippen LogP contribution is 2.37. The minimum Gasteiger partial charge on any atom is -0.449 e. The third-order valence-corrected chi connectivity index (χ3v) is 12.1. The molecule has 10 heteroatoms. The summed E-state index contributed by atoms with van der Waals surface area (Å²) in [5.41, 5.74) is -0.514. The van der Waals surface area contributed by atoms with Crippen molar-refractivity contribution in [2.45, 2.75) is 90.6 Å². The van der Waals surface area contributed by atoms with Crippen LogP contribution >= 0.6 is 0 Å². The molecule has 0 spiro atoms. The Morgan fingerprint density at radius 3 is 1.68 bits per heavy atom. The summed E-state index contributed by atoms with van der Waals surface area (Å²) in [7, 11) is -1.97. The van der Waals surface area contributed by atoms with Gasteiger partial charge in [0.15, 0.2) is 0 Å². The number of hydrogen-bond acceptors (Lipinski definition) is 4. The first kappa shape index (κ1) is 34.3. The molecule has 2 aromatic rings. The summed E-state index contributed by atoms with van der Waals surface area (Å²) in [6.45, 7) is 15.2. The molecule has 0 aromatic heterocycles. The average molecular weight is 595 g/mol. The third-order valence-electron chi connectivity index (χ3n) is 7.13. The summed E-state index contributed by atoms with van der Waals surface area (Å²) in [6.07, 6.45) is -5.65. The number of hydrogen-bond donors (Lipinski definition) is 0. The van der Waals surface area contributed by atoms with Crippen molar-refractivity contribution in [2.75, 3.05) is 20.3 Å². The largest absolute Gasteiger partial charge is 0.471 e. The summed E-state index contributed by atoms with van der Waals surface area (Å²) < 4.78 is 52.9. The average Bonchev–Trinajstić information content (AvgIpc) is 2.86. The predicted molar refractivity (Wildman–Crippen MR) is 159 cm³/mol. The van der Waals surface area contributed by atoms with Gasteiger partial charge in [-0.1, -0.05) is 81.4 Å². The van der Waals surface area contributed by atoms with Gasteiger partial charge in [-0.15, -0.1) is 0 Å². The molecule has 0 saturated heterocycles. The SMILES string of the molecule is CC(C)N(C(=O)OCC[C@@H](CO[Si](c1ccccc1)(c1ccccc1)C(C)(C)C)N(C)C(=O)C(F)(F)F)C(C)(C)C. The van der Waals surface area contributed by atoms with E-state index < -0.39 is 43.1 Å². The Balaban J connectivity index is 2.45. The fraction of sp³-hybridized carbons (Fsp3) is 0.548. The molecule has 6 nitrogen and oxygen atoms in total. The van der Waals surface area contributed by atoms with E-state index in [0.717, 1.165) is 17.4 Å². The predicted octanol–water partition coefficient (Wildman–Crippen LogP) is 5.99. The second-order valence-electron chi connectivity index (χ2n) is 12.6. The van der Waals surface area contributed by atoms with Gasteiger partial charge in [0.2, 0.25) is 0 Å². The first-order valence-corrected chi connectivity index (χ1v) is 15.8. The molecule has 0 aliphatic carbocycles. The van der Waals surface area contributed by atoms with Crippen molar-refractivity contribution in [3.63, 3.8) is 0 Å². The molecule has 0 aliphatic rings. The van der Waals surface area contributed by atoms with Gasteiger partial charge in [-0.25, -0.2) is 4.79 Å². The van der Waals surface area contributed by atoms with Gasteiger partial charge in [0.05, 0.1) is 19.3 Å².